The summed E-state index contributed by atoms with van der Waals surface area (Å²) in [7, 11) is 3.21. The van der Waals surface area contributed by atoms with Crippen LogP contribution in [0.4, 0.5) is 0 Å². The molecular formula is C25H31ClN2O4. The van der Waals surface area contributed by atoms with Gasteiger partial charge >= 0.3 is 0 Å². The van der Waals surface area contributed by atoms with Gasteiger partial charge in [-0.25, -0.2) is 0 Å². The molecule has 0 unspecified atom stereocenters. The van der Waals surface area contributed by atoms with Crippen molar-refractivity contribution in [3.63, 3.8) is 0 Å². The van der Waals surface area contributed by atoms with Crippen LogP contribution in [0.25, 0.3) is 0 Å². The molecule has 1 aliphatic heterocycles. The van der Waals surface area contributed by atoms with Gasteiger partial charge in [0, 0.05) is 25.5 Å². The first kappa shape index (κ1) is 23.9. The second-order valence-corrected chi connectivity index (χ2v) is 8.97. The Morgan fingerprint density at radius 2 is 1.69 bits per heavy atom. The number of methoxy groups -OCH3 is 2. The van der Waals surface area contributed by atoms with Gasteiger partial charge in [0.05, 0.1) is 19.6 Å². The zero-order valence-electron chi connectivity index (χ0n) is 19.2. The lowest BCUT2D eigenvalue weighted by molar-refractivity contribution is -0.146. The molecule has 0 bridgehead atoms. The van der Waals surface area contributed by atoms with Gasteiger partial charge in [-0.2, -0.15) is 0 Å². The van der Waals surface area contributed by atoms with Crippen molar-refractivity contribution in [3.05, 3.63) is 59.2 Å². The second kappa shape index (κ2) is 10.3. The summed E-state index contributed by atoms with van der Waals surface area (Å²) >= 11 is 6.06. The van der Waals surface area contributed by atoms with Crippen LogP contribution in [0.5, 0.6) is 11.5 Å². The fourth-order valence-corrected chi connectivity index (χ4v) is 3.96. The molecule has 0 fully saturated rings. The molecule has 3 rings (SSSR count). The van der Waals surface area contributed by atoms with Gasteiger partial charge in [-0.05, 0) is 49.1 Å². The normalized spacial score (nSPS) is 13.3. The van der Waals surface area contributed by atoms with E-state index in [1.54, 1.807) is 24.0 Å². The smallest absolute Gasteiger partial charge is 0.242 e. The molecule has 2 aromatic carbocycles. The zero-order chi connectivity index (χ0) is 23.3. The van der Waals surface area contributed by atoms with Gasteiger partial charge < -0.3 is 19.3 Å². The lowest BCUT2D eigenvalue weighted by atomic mass is 9.94. The number of carbonyl (C=O) groups is 2. The Morgan fingerprint density at radius 1 is 1.06 bits per heavy atom. The largest absolute Gasteiger partial charge is 0.493 e. The number of nitrogens with zero attached hydrogens (tertiary/aromatic N) is 2. The van der Waals surface area contributed by atoms with E-state index in [0.717, 1.165) is 23.1 Å². The maximum atomic E-state index is 13.2. The second-order valence-electron chi connectivity index (χ2n) is 8.71. The third-order valence-electron chi connectivity index (χ3n) is 5.81. The van der Waals surface area contributed by atoms with Gasteiger partial charge in [-0.15, -0.1) is 11.6 Å². The Hall–Kier alpha value is -2.73. The predicted molar refractivity (Wildman–Crippen MR) is 125 cm³/mol. The Labute approximate surface area is 195 Å². The maximum absolute atomic E-state index is 13.2. The first-order valence-electron chi connectivity index (χ1n) is 10.7. The minimum Gasteiger partial charge on any atom is -0.493 e. The van der Waals surface area contributed by atoms with Crippen LogP contribution in [0.15, 0.2) is 42.5 Å². The van der Waals surface area contributed by atoms with Crippen molar-refractivity contribution in [2.45, 2.75) is 33.4 Å². The summed E-state index contributed by atoms with van der Waals surface area (Å²) in [5.41, 5.74) is 2.39. The topological polar surface area (TPSA) is 59.1 Å². The van der Waals surface area contributed by atoms with Gasteiger partial charge in [0.25, 0.3) is 0 Å². The summed E-state index contributed by atoms with van der Waals surface area (Å²) in [5, 5.41) is 0. The highest BCUT2D eigenvalue weighted by Crippen LogP contribution is 2.33. The van der Waals surface area contributed by atoms with E-state index in [1.807, 2.05) is 56.3 Å². The molecule has 0 atom stereocenters. The molecule has 32 heavy (non-hydrogen) atoms. The lowest BCUT2D eigenvalue weighted by Crippen LogP contribution is -2.48. The van der Waals surface area contributed by atoms with E-state index in [-0.39, 0.29) is 24.2 Å². The minimum atomic E-state index is -0.755. The van der Waals surface area contributed by atoms with Crippen LogP contribution in [-0.2, 0) is 29.1 Å². The molecule has 0 aliphatic carbocycles. The van der Waals surface area contributed by atoms with Gasteiger partial charge in [0.2, 0.25) is 11.8 Å². The van der Waals surface area contributed by atoms with E-state index in [9.17, 15) is 9.59 Å². The van der Waals surface area contributed by atoms with Crippen molar-refractivity contribution in [1.29, 1.82) is 0 Å². The number of hydrogen-bond acceptors (Lipinski definition) is 4. The fraction of sp³-hybridized carbons (Fsp3) is 0.440. The zero-order valence-corrected chi connectivity index (χ0v) is 19.9. The number of benzene rings is 2. The van der Waals surface area contributed by atoms with Crippen LogP contribution >= 0.6 is 11.6 Å². The first-order chi connectivity index (χ1) is 15.3. The number of rotatable bonds is 8. The molecule has 172 valence electrons. The number of ether oxygens (including phenoxy) is 2. The molecule has 6 nitrogen and oxygen atoms in total. The molecule has 0 spiro atoms. The molecule has 0 radical (unpaired) electrons. The predicted octanol–water partition coefficient (Wildman–Crippen LogP) is 3.88. The average molecular weight is 459 g/mol. The molecule has 0 saturated heterocycles. The van der Waals surface area contributed by atoms with Crippen LogP contribution in [0, 0.1) is 5.41 Å². The van der Waals surface area contributed by atoms with Gasteiger partial charge in [-0.3, -0.25) is 9.59 Å². The summed E-state index contributed by atoms with van der Waals surface area (Å²) in [6, 6.07) is 13.6. The highest BCUT2D eigenvalue weighted by molar-refractivity contribution is 6.19. The average Bonchev–Trinajstić information content (AvgIpc) is 2.82. The van der Waals surface area contributed by atoms with E-state index < -0.39 is 5.41 Å². The minimum absolute atomic E-state index is 0.0106. The first-order valence-corrected chi connectivity index (χ1v) is 11.2. The van der Waals surface area contributed by atoms with Crippen molar-refractivity contribution in [2.24, 2.45) is 5.41 Å². The number of amides is 2. The van der Waals surface area contributed by atoms with Crippen LogP contribution in [0.3, 0.4) is 0 Å². The summed E-state index contributed by atoms with van der Waals surface area (Å²) < 4.78 is 10.8. The number of alkyl halides is 1. The molecule has 0 saturated carbocycles. The van der Waals surface area contributed by atoms with Crippen molar-refractivity contribution in [2.75, 3.05) is 33.2 Å². The van der Waals surface area contributed by atoms with E-state index in [4.69, 9.17) is 21.1 Å². The molecule has 0 N–H and O–H groups in total. The van der Waals surface area contributed by atoms with Crippen LogP contribution in [0.2, 0.25) is 0 Å². The number of halogens is 1. The molecule has 1 aliphatic rings. The Morgan fingerprint density at radius 3 is 2.28 bits per heavy atom. The number of hydrogen-bond donors (Lipinski definition) is 0. The third kappa shape index (κ3) is 5.36. The van der Waals surface area contributed by atoms with E-state index in [0.29, 0.717) is 31.1 Å². The molecule has 7 heteroatoms. The van der Waals surface area contributed by atoms with Gasteiger partial charge in [0.1, 0.15) is 6.54 Å². The summed E-state index contributed by atoms with van der Waals surface area (Å²) in [5.74, 6) is 1.30. The van der Waals surface area contributed by atoms with Crippen molar-refractivity contribution >= 4 is 23.4 Å². The SMILES string of the molecule is COc1cc2c(cc1OC)CN(C(=O)CN(Cc1ccccc1)C(=O)C(C)(C)CCl)CC2. The van der Waals surface area contributed by atoms with Gasteiger partial charge in [-0.1, -0.05) is 30.3 Å². The monoisotopic (exact) mass is 458 g/mol. The highest BCUT2D eigenvalue weighted by atomic mass is 35.5. The van der Waals surface area contributed by atoms with Gasteiger partial charge in [0.15, 0.2) is 11.5 Å². The van der Waals surface area contributed by atoms with E-state index in [1.165, 1.54) is 0 Å². The summed E-state index contributed by atoms with van der Waals surface area (Å²) in [6.07, 6.45) is 0.723. The van der Waals surface area contributed by atoms with E-state index >= 15 is 0 Å². The molecular weight excluding hydrogens is 428 g/mol. The van der Waals surface area contributed by atoms with Crippen LogP contribution < -0.4 is 9.47 Å². The van der Waals surface area contributed by atoms with Crippen molar-refractivity contribution in [1.82, 2.24) is 9.80 Å². The highest BCUT2D eigenvalue weighted by Gasteiger charge is 2.33. The number of carbonyl (C=O) groups excluding carboxylic acids is 2. The van der Waals surface area contributed by atoms with Crippen LogP contribution in [-0.4, -0.2) is 54.8 Å². The van der Waals surface area contributed by atoms with Crippen LogP contribution in [0.1, 0.15) is 30.5 Å². The maximum Gasteiger partial charge on any atom is 0.242 e. The number of fused-ring (bicyclic) bond motifs is 1. The lowest BCUT2D eigenvalue weighted by Gasteiger charge is -2.34. The Balaban J connectivity index is 1.78. The third-order valence-corrected chi connectivity index (χ3v) is 6.48. The fourth-order valence-electron chi connectivity index (χ4n) is 3.85. The van der Waals surface area contributed by atoms with Crippen molar-refractivity contribution < 1.29 is 19.1 Å². The Kier molecular flexibility index (Phi) is 7.67. The quantitative estimate of drug-likeness (QED) is 0.563. The molecule has 0 aromatic heterocycles. The van der Waals surface area contributed by atoms with E-state index in [2.05, 4.69) is 0 Å². The summed E-state index contributed by atoms with van der Waals surface area (Å²) in [6.45, 7) is 5.05. The molecule has 2 aromatic rings. The standard InChI is InChI=1S/C25H31ClN2O4/c1-25(2,17-26)24(30)28(14-18-8-6-5-7-9-18)16-23(29)27-11-10-19-12-21(31-3)22(32-4)13-20(19)15-27/h5-9,12-13H,10-11,14-17H2,1-4H3. The molecule has 1 heterocycles. The Bertz CT molecular complexity index is 962. The molecule has 2 amide bonds. The summed E-state index contributed by atoms with van der Waals surface area (Å²) in [4.78, 5) is 29.9. The van der Waals surface area contributed by atoms with Crippen molar-refractivity contribution in [3.8, 4) is 11.5 Å².